The van der Waals surface area contributed by atoms with Gasteiger partial charge < -0.3 is 9.29 Å². The number of hydrogen-bond donors (Lipinski definition) is 0. The van der Waals surface area contributed by atoms with Gasteiger partial charge in [0.05, 0.1) is 0 Å². The topological polar surface area (TPSA) is 49.4 Å². The van der Waals surface area contributed by atoms with Gasteiger partial charge >= 0.3 is 6.36 Å². The molecule has 0 aliphatic heterocycles. The molecule has 0 aliphatic rings. The Kier molecular flexibility index (Phi) is 3.70. The van der Waals surface area contributed by atoms with Gasteiger partial charge in [0.1, 0.15) is 5.75 Å². The van der Waals surface area contributed by atoms with Crippen LogP contribution in [-0.4, -0.2) is 15.1 Å². The van der Waals surface area contributed by atoms with Gasteiger partial charge in [0.2, 0.25) is 0 Å². The van der Waals surface area contributed by atoms with Crippen molar-refractivity contribution < 1.29 is 26.7 Å². The summed E-state index contributed by atoms with van der Waals surface area (Å²) in [6, 6.07) is 4.65. The van der Waals surface area contributed by atoms with E-state index < -0.39 is 17.4 Å². The number of halogens is 3. The molecule has 84 valence electrons. The summed E-state index contributed by atoms with van der Waals surface area (Å²) in [7, 11) is 0. The summed E-state index contributed by atoms with van der Waals surface area (Å²) in [4.78, 5) is 0. The van der Waals surface area contributed by atoms with Crippen LogP contribution in [0.2, 0.25) is 0 Å². The molecule has 0 fully saturated rings. The third kappa shape index (κ3) is 4.80. The van der Waals surface area contributed by atoms with Crippen molar-refractivity contribution in [2.45, 2.75) is 12.1 Å². The SMILES string of the molecule is O=S([O-])Cc1ccc(OC(F)(F)F)cc1. The third-order valence-corrected chi connectivity index (χ3v) is 2.01. The number of alkyl halides is 3. The van der Waals surface area contributed by atoms with Crippen molar-refractivity contribution in [2.75, 3.05) is 0 Å². The number of ether oxygens (including phenoxy) is 1. The molecular weight excluding hydrogens is 233 g/mol. The normalized spacial score (nSPS) is 13.6. The molecule has 0 bridgehead atoms. The maximum atomic E-state index is 11.7. The minimum atomic E-state index is -4.73. The highest BCUT2D eigenvalue weighted by atomic mass is 32.2. The first-order chi connectivity index (χ1) is 6.87. The van der Waals surface area contributed by atoms with Gasteiger partial charge in [0, 0.05) is 5.75 Å². The zero-order chi connectivity index (χ0) is 11.5. The number of hydrogen-bond acceptors (Lipinski definition) is 3. The number of benzene rings is 1. The highest BCUT2D eigenvalue weighted by Crippen LogP contribution is 2.22. The quantitative estimate of drug-likeness (QED) is 0.757. The summed E-state index contributed by atoms with van der Waals surface area (Å²) in [6.07, 6.45) is -4.73. The summed E-state index contributed by atoms with van der Waals surface area (Å²) in [6.45, 7) is 0. The van der Waals surface area contributed by atoms with Gasteiger partial charge in [-0.1, -0.05) is 23.2 Å². The van der Waals surface area contributed by atoms with Crippen molar-refractivity contribution in [3.05, 3.63) is 29.8 Å². The largest absolute Gasteiger partial charge is 0.772 e. The van der Waals surface area contributed by atoms with Gasteiger partial charge in [0.15, 0.2) is 0 Å². The molecular formula is C8H6F3O3S-. The molecule has 0 saturated carbocycles. The van der Waals surface area contributed by atoms with Crippen molar-refractivity contribution in [1.82, 2.24) is 0 Å². The Balaban J connectivity index is 2.68. The minimum absolute atomic E-state index is 0.230. The molecule has 15 heavy (non-hydrogen) atoms. The van der Waals surface area contributed by atoms with Crippen LogP contribution in [0.1, 0.15) is 5.56 Å². The highest BCUT2D eigenvalue weighted by molar-refractivity contribution is 7.78. The molecule has 0 N–H and O–H groups in total. The lowest BCUT2D eigenvalue weighted by Crippen LogP contribution is -2.17. The predicted octanol–water partition coefficient (Wildman–Crippen LogP) is 1.96. The van der Waals surface area contributed by atoms with Crippen LogP contribution in [0.25, 0.3) is 0 Å². The van der Waals surface area contributed by atoms with Crippen molar-refractivity contribution in [3.8, 4) is 5.75 Å². The molecule has 7 heteroatoms. The van der Waals surface area contributed by atoms with Gasteiger partial charge in [-0.05, 0) is 17.7 Å². The van der Waals surface area contributed by atoms with Crippen molar-refractivity contribution >= 4 is 11.1 Å². The van der Waals surface area contributed by atoms with E-state index in [0.717, 1.165) is 12.1 Å². The summed E-state index contributed by atoms with van der Waals surface area (Å²) in [5.74, 6) is -0.602. The molecule has 0 amide bonds. The lowest BCUT2D eigenvalue weighted by Gasteiger charge is -2.09. The van der Waals surface area contributed by atoms with E-state index in [0.29, 0.717) is 5.56 Å². The molecule has 1 unspecified atom stereocenters. The van der Waals surface area contributed by atoms with E-state index in [-0.39, 0.29) is 11.5 Å². The van der Waals surface area contributed by atoms with Crippen molar-refractivity contribution in [1.29, 1.82) is 0 Å². The molecule has 0 radical (unpaired) electrons. The second kappa shape index (κ2) is 4.63. The first kappa shape index (κ1) is 12.0. The fourth-order valence-electron chi connectivity index (χ4n) is 0.923. The van der Waals surface area contributed by atoms with Crippen LogP contribution in [0.5, 0.6) is 5.75 Å². The average molecular weight is 239 g/mol. The molecule has 0 aromatic heterocycles. The standard InChI is InChI=1S/C8H7F3O3S/c9-8(10,11)14-7-3-1-6(2-4-7)5-15(12)13/h1-4H,5H2,(H,12,13)/p-1. The maximum absolute atomic E-state index is 11.7. The lowest BCUT2D eigenvalue weighted by atomic mass is 10.2. The Morgan fingerprint density at radius 1 is 1.27 bits per heavy atom. The Morgan fingerprint density at radius 2 is 1.80 bits per heavy atom. The Hall–Kier alpha value is -1.08. The van der Waals surface area contributed by atoms with Gasteiger partial charge in [-0.2, -0.15) is 0 Å². The van der Waals surface area contributed by atoms with Crippen LogP contribution >= 0.6 is 0 Å². The average Bonchev–Trinajstić information content (AvgIpc) is 2.05. The Morgan fingerprint density at radius 3 is 2.20 bits per heavy atom. The van der Waals surface area contributed by atoms with Crippen LogP contribution in [0.3, 0.4) is 0 Å². The van der Waals surface area contributed by atoms with E-state index in [9.17, 15) is 21.9 Å². The van der Waals surface area contributed by atoms with Crippen LogP contribution in [-0.2, 0) is 16.8 Å². The molecule has 0 heterocycles. The molecule has 3 nitrogen and oxygen atoms in total. The van der Waals surface area contributed by atoms with E-state index in [2.05, 4.69) is 4.74 Å². The van der Waals surface area contributed by atoms with Gasteiger partial charge in [-0.25, -0.2) is 0 Å². The van der Waals surface area contributed by atoms with E-state index in [1.807, 2.05) is 0 Å². The fraction of sp³-hybridized carbons (Fsp3) is 0.250. The van der Waals surface area contributed by atoms with Crippen LogP contribution in [0.15, 0.2) is 24.3 Å². The smallest absolute Gasteiger partial charge is 0.573 e. The summed E-state index contributed by atoms with van der Waals surface area (Å²) in [5.41, 5.74) is 0.401. The molecule has 0 saturated heterocycles. The molecule has 0 aliphatic carbocycles. The monoisotopic (exact) mass is 239 g/mol. The summed E-state index contributed by atoms with van der Waals surface area (Å²) < 4.78 is 59.3. The van der Waals surface area contributed by atoms with Crippen molar-refractivity contribution in [2.24, 2.45) is 0 Å². The summed E-state index contributed by atoms with van der Waals surface area (Å²) >= 11 is -2.26. The van der Waals surface area contributed by atoms with Crippen LogP contribution in [0.4, 0.5) is 13.2 Å². The van der Waals surface area contributed by atoms with E-state index in [4.69, 9.17) is 0 Å². The van der Waals surface area contributed by atoms with Gasteiger partial charge in [-0.3, -0.25) is 4.21 Å². The Labute approximate surface area is 86.1 Å². The fourth-order valence-corrected chi connectivity index (χ4v) is 1.39. The van der Waals surface area contributed by atoms with E-state index >= 15 is 0 Å². The highest BCUT2D eigenvalue weighted by Gasteiger charge is 2.30. The summed E-state index contributed by atoms with van der Waals surface area (Å²) in [5, 5.41) is 0. The van der Waals surface area contributed by atoms with Crippen molar-refractivity contribution in [3.63, 3.8) is 0 Å². The predicted molar refractivity (Wildman–Crippen MR) is 45.7 cm³/mol. The molecule has 1 aromatic rings. The number of rotatable bonds is 3. The molecule has 1 aromatic carbocycles. The first-order valence-electron chi connectivity index (χ1n) is 3.77. The van der Waals surface area contributed by atoms with E-state index in [1.54, 1.807) is 0 Å². The Bertz CT molecular complexity index is 347. The van der Waals surface area contributed by atoms with Gasteiger partial charge in [-0.15, -0.1) is 13.2 Å². The zero-order valence-electron chi connectivity index (χ0n) is 7.28. The first-order valence-corrected chi connectivity index (χ1v) is 5.02. The minimum Gasteiger partial charge on any atom is -0.772 e. The maximum Gasteiger partial charge on any atom is 0.573 e. The van der Waals surface area contributed by atoms with E-state index in [1.165, 1.54) is 12.1 Å². The zero-order valence-corrected chi connectivity index (χ0v) is 8.10. The third-order valence-electron chi connectivity index (χ3n) is 1.44. The molecule has 1 atom stereocenters. The lowest BCUT2D eigenvalue weighted by molar-refractivity contribution is -0.274. The van der Waals surface area contributed by atoms with Crippen LogP contribution in [0, 0.1) is 0 Å². The second-order valence-corrected chi connectivity index (χ2v) is 3.54. The van der Waals surface area contributed by atoms with Crippen LogP contribution < -0.4 is 4.74 Å². The van der Waals surface area contributed by atoms with Gasteiger partial charge in [0.25, 0.3) is 0 Å². The second-order valence-electron chi connectivity index (χ2n) is 2.64. The molecule has 1 rings (SSSR count). The molecule has 0 spiro atoms.